The van der Waals surface area contributed by atoms with Crippen LogP contribution in [0.15, 0.2) is 0 Å². The third-order valence-corrected chi connectivity index (χ3v) is 9.40. The minimum absolute atomic E-state index is 0.00141. The van der Waals surface area contributed by atoms with E-state index in [0.717, 1.165) is 38.5 Å². The largest absolute Gasteiger partial charge is 0.393 e. The molecule has 0 bridgehead atoms. The van der Waals surface area contributed by atoms with Crippen LogP contribution < -0.4 is 0 Å². The summed E-state index contributed by atoms with van der Waals surface area (Å²) >= 11 is 0. The highest BCUT2D eigenvalue weighted by molar-refractivity contribution is 5.87. The van der Waals surface area contributed by atoms with E-state index in [1.54, 1.807) is 0 Å². The van der Waals surface area contributed by atoms with Crippen LogP contribution in [0.25, 0.3) is 0 Å². The molecule has 4 aliphatic rings. The zero-order chi connectivity index (χ0) is 19.6. The molecule has 27 heavy (non-hydrogen) atoms. The molecule has 4 fully saturated rings. The van der Waals surface area contributed by atoms with Gasteiger partial charge in [0.05, 0.1) is 18.3 Å². The lowest BCUT2D eigenvalue weighted by Gasteiger charge is -2.66. The maximum Gasteiger partial charge on any atom is 0.139 e. The van der Waals surface area contributed by atoms with E-state index in [1.165, 1.54) is 0 Å². The predicted molar refractivity (Wildman–Crippen MR) is 104 cm³/mol. The molecule has 4 heteroatoms. The van der Waals surface area contributed by atoms with E-state index >= 15 is 0 Å². The summed E-state index contributed by atoms with van der Waals surface area (Å²) in [6.45, 7) is 9.60. The van der Waals surface area contributed by atoms with E-state index < -0.39 is 12.2 Å². The van der Waals surface area contributed by atoms with Gasteiger partial charge in [0.15, 0.2) is 0 Å². The van der Waals surface area contributed by atoms with Gasteiger partial charge < -0.3 is 14.9 Å². The number of hydrogen-bond acceptors (Lipinski definition) is 4. The highest BCUT2D eigenvalue weighted by Crippen LogP contribution is 2.70. The first-order valence-corrected chi connectivity index (χ1v) is 11.2. The summed E-state index contributed by atoms with van der Waals surface area (Å²) in [5.74, 6) is 1.36. The molecule has 4 saturated carbocycles. The zero-order valence-electron chi connectivity index (χ0n) is 17.5. The normalized spacial score (nSPS) is 55.0. The number of hydrogen-bond donors (Lipinski definition) is 2. The Morgan fingerprint density at radius 3 is 2.52 bits per heavy atom. The van der Waals surface area contributed by atoms with E-state index in [1.807, 2.05) is 0 Å². The maximum atomic E-state index is 12.7. The molecule has 154 valence electrons. The van der Waals surface area contributed by atoms with E-state index in [-0.39, 0.29) is 28.3 Å². The van der Waals surface area contributed by atoms with Crippen LogP contribution in [0.1, 0.15) is 79.1 Å². The molecule has 0 unspecified atom stereocenters. The Morgan fingerprint density at radius 1 is 1.07 bits per heavy atom. The molecule has 0 aliphatic heterocycles. The Balaban J connectivity index is 1.69. The summed E-state index contributed by atoms with van der Waals surface area (Å²) < 4.78 is 6.04. The average Bonchev–Trinajstić information content (AvgIpc) is 2.89. The first kappa shape index (κ1) is 19.8. The van der Waals surface area contributed by atoms with Gasteiger partial charge in [-0.3, -0.25) is 4.79 Å². The minimum Gasteiger partial charge on any atom is -0.393 e. The van der Waals surface area contributed by atoms with Gasteiger partial charge in [-0.15, -0.1) is 0 Å². The molecule has 4 rings (SSSR count). The first-order chi connectivity index (χ1) is 12.7. The van der Waals surface area contributed by atoms with Crippen molar-refractivity contribution in [1.29, 1.82) is 0 Å². The number of Topliss-reactive ketones (excluding diaryl/α,β-unsaturated/α-hetero) is 1. The van der Waals surface area contributed by atoms with Crippen LogP contribution >= 0.6 is 0 Å². The second-order valence-electron chi connectivity index (χ2n) is 10.8. The summed E-state index contributed by atoms with van der Waals surface area (Å²) in [7, 11) is 0. The summed E-state index contributed by atoms with van der Waals surface area (Å²) in [4.78, 5) is 12.7. The summed E-state index contributed by atoms with van der Waals surface area (Å²) in [5.41, 5.74) is -0.376. The Kier molecular flexibility index (Phi) is 4.80. The molecule has 0 heterocycles. The Morgan fingerprint density at radius 2 is 1.81 bits per heavy atom. The third kappa shape index (κ3) is 2.69. The van der Waals surface area contributed by atoms with Crippen LogP contribution in [-0.4, -0.2) is 40.9 Å². The van der Waals surface area contributed by atoms with Crippen molar-refractivity contribution in [3.05, 3.63) is 0 Å². The van der Waals surface area contributed by atoms with E-state index in [0.29, 0.717) is 37.1 Å². The fraction of sp³-hybridized carbons (Fsp3) is 0.957. The molecule has 4 aliphatic carbocycles. The molecule has 4 nitrogen and oxygen atoms in total. The number of ketones is 1. The third-order valence-electron chi connectivity index (χ3n) is 9.40. The van der Waals surface area contributed by atoms with Crippen molar-refractivity contribution < 1.29 is 19.7 Å². The average molecular weight is 379 g/mol. The van der Waals surface area contributed by atoms with Crippen molar-refractivity contribution in [3.8, 4) is 0 Å². The Hall–Kier alpha value is -0.450. The van der Waals surface area contributed by atoms with Crippen LogP contribution in [0.5, 0.6) is 0 Å². The molecule has 0 spiro atoms. The lowest BCUT2D eigenvalue weighted by Crippen LogP contribution is -2.65. The number of aliphatic hydroxyl groups is 2. The quantitative estimate of drug-likeness (QED) is 0.785. The van der Waals surface area contributed by atoms with Crippen molar-refractivity contribution in [2.24, 2.45) is 34.0 Å². The van der Waals surface area contributed by atoms with Gasteiger partial charge >= 0.3 is 0 Å². The molecule has 0 radical (unpaired) electrons. The van der Waals surface area contributed by atoms with Crippen LogP contribution in [0, 0.1) is 34.0 Å². The monoisotopic (exact) mass is 378 g/mol. The molecule has 2 N–H and O–H groups in total. The molecule has 0 aromatic heterocycles. The highest BCUT2D eigenvalue weighted by Gasteiger charge is 2.68. The number of carbonyl (C=O) groups excluding carboxylic acids is 1. The van der Waals surface area contributed by atoms with Crippen molar-refractivity contribution in [2.45, 2.75) is 97.4 Å². The number of rotatable bonds is 3. The number of carbonyl (C=O) groups is 1. The second-order valence-corrected chi connectivity index (χ2v) is 10.8. The fourth-order valence-corrected chi connectivity index (χ4v) is 8.32. The number of ether oxygens (including phenoxy) is 1. The molecule has 0 saturated heterocycles. The van der Waals surface area contributed by atoms with Crippen molar-refractivity contribution in [3.63, 3.8) is 0 Å². The molecule has 0 aromatic carbocycles. The standard InChI is InChI=1S/C23H38O4/c1-5-10-27-17-13-22(3)14(11-15(17)24)8-9-21(2)18-6-7-19(26)23(18,4)12-16(25)20(21)22/h14-18,20,24-25H,5-13H2,1-4H3/t14-,15-,16-,17-,18-,20-,21-,22-,23-/m0/s1. The van der Waals surface area contributed by atoms with Gasteiger partial charge in [-0.1, -0.05) is 27.7 Å². The van der Waals surface area contributed by atoms with Crippen molar-refractivity contribution in [1.82, 2.24) is 0 Å². The number of fused-ring (bicyclic) bond motifs is 5. The van der Waals surface area contributed by atoms with Gasteiger partial charge in [-0.2, -0.15) is 0 Å². The number of aliphatic hydroxyl groups excluding tert-OH is 2. The van der Waals surface area contributed by atoms with E-state index in [9.17, 15) is 15.0 Å². The van der Waals surface area contributed by atoms with E-state index in [4.69, 9.17) is 4.74 Å². The predicted octanol–water partition coefficient (Wildman–Crippen LogP) is 3.73. The Bertz CT molecular complexity index is 605. The minimum atomic E-state index is -0.437. The van der Waals surface area contributed by atoms with Gasteiger partial charge in [0.2, 0.25) is 0 Å². The van der Waals surface area contributed by atoms with Crippen molar-refractivity contribution in [2.75, 3.05) is 6.61 Å². The van der Waals surface area contributed by atoms with Gasteiger partial charge in [-0.25, -0.2) is 0 Å². The summed E-state index contributed by atoms with van der Waals surface area (Å²) in [5, 5.41) is 22.0. The van der Waals surface area contributed by atoms with E-state index in [2.05, 4.69) is 27.7 Å². The van der Waals surface area contributed by atoms with Crippen LogP contribution in [0.2, 0.25) is 0 Å². The smallest absolute Gasteiger partial charge is 0.139 e. The first-order valence-electron chi connectivity index (χ1n) is 11.2. The second kappa shape index (κ2) is 6.53. The van der Waals surface area contributed by atoms with Crippen LogP contribution in [-0.2, 0) is 9.53 Å². The fourth-order valence-electron chi connectivity index (χ4n) is 8.32. The molecular weight excluding hydrogens is 340 g/mol. The van der Waals surface area contributed by atoms with Gasteiger partial charge in [0.1, 0.15) is 5.78 Å². The zero-order valence-corrected chi connectivity index (χ0v) is 17.5. The lowest BCUT2D eigenvalue weighted by atomic mass is 9.39. The maximum absolute atomic E-state index is 12.7. The van der Waals surface area contributed by atoms with Crippen molar-refractivity contribution >= 4 is 5.78 Å². The molecule has 9 atom stereocenters. The van der Waals surface area contributed by atoms with Gasteiger partial charge in [-0.05, 0) is 73.5 Å². The summed E-state index contributed by atoms with van der Waals surface area (Å²) in [6, 6.07) is 0. The Labute approximate surface area is 164 Å². The molecule has 0 amide bonds. The van der Waals surface area contributed by atoms with Gasteiger partial charge in [0.25, 0.3) is 0 Å². The van der Waals surface area contributed by atoms with Gasteiger partial charge in [0, 0.05) is 18.4 Å². The summed E-state index contributed by atoms with van der Waals surface area (Å²) in [6.07, 6.45) is 6.04. The van der Waals surface area contributed by atoms with Crippen LogP contribution in [0.4, 0.5) is 0 Å². The lowest BCUT2D eigenvalue weighted by molar-refractivity contribution is -0.230. The SMILES string of the molecule is CCCO[C@H]1C[C@@]2(C)[C@@H](CC[C@]3(C)[C@@H]2[C@@H](O)C[C@]2(C)C(=O)CC[C@@H]32)C[C@@H]1O. The topological polar surface area (TPSA) is 66.8 Å². The molecule has 0 aromatic rings. The van der Waals surface area contributed by atoms with Crippen LogP contribution in [0.3, 0.4) is 0 Å². The highest BCUT2D eigenvalue weighted by atomic mass is 16.5. The molecular formula is C23H38O4.